The second-order valence-electron chi connectivity index (χ2n) is 9.48. The summed E-state index contributed by atoms with van der Waals surface area (Å²) in [6.07, 6.45) is 6.60. The molecule has 0 aliphatic heterocycles. The molecule has 2 aliphatic carbocycles. The second-order valence-corrected chi connectivity index (χ2v) is 9.48. The molecule has 0 spiro atoms. The first kappa shape index (κ1) is 19.7. The van der Waals surface area contributed by atoms with Gasteiger partial charge in [0.15, 0.2) is 0 Å². The van der Waals surface area contributed by atoms with Crippen molar-refractivity contribution in [3.8, 4) is 11.1 Å². The molecule has 2 amide bonds. The number of benzene rings is 2. The van der Waals surface area contributed by atoms with Gasteiger partial charge in [0.05, 0.1) is 11.1 Å². The van der Waals surface area contributed by atoms with Gasteiger partial charge in [0.1, 0.15) is 0 Å². The third-order valence-corrected chi connectivity index (χ3v) is 7.12. The molecule has 2 saturated carbocycles. The first-order valence-electron chi connectivity index (χ1n) is 10.9. The van der Waals surface area contributed by atoms with Crippen molar-refractivity contribution in [1.29, 1.82) is 0 Å². The molecule has 2 aromatic carbocycles. The molecule has 0 atom stereocenters. The summed E-state index contributed by atoms with van der Waals surface area (Å²) in [7, 11) is 0. The topological polar surface area (TPSA) is 85.1 Å². The van der Waals surface area contributed by atoms with E-state index in [-0.39, 0.29) is 17.4 Å². The van der Waals surface area contributed by atoms with Crippen molar-refractivity contribution < 1.29 is 9.59 Å². The van der Waals surface area contributed by atoms with E-state index in [1.165, 1.54) is 6.42 Å². The van der Waals surface area contributed by atoms with Crippen LogP contribution in [-0.2, 0) is 10.2 Å². The fraction of sp³-hybridized carbons (Fsp3) is 0.346. The van der Waals surface area contributed by atoms with Crippen LogP contribution in [0.15, 0.2) is 48.7 Å². The minimum atomic E-state index is -0.581. The van der Waals surface area contributed by atoms with E-state index in [4.69, 9.17) is 5.73 Å². The van der Waals surface area contributed by atoms with E-state index in [2.05, 4.69) is 42.3 Å². The van der Waals surface area contributed by atoms with Gasteiger partial charge in [-0.25, -0.2) is 0 Å². The van der Waals surface area contributed by atoms with Crippen molar-refractivity contribution in [3.63, 3.8) is 0 Å². The lowest BCUT2D eigenvalue weighted by Crippen LogP contribution is -2.50. The van der Waals surface area contributed by atoms with Crippen LogP contribution >= 0.6 is 0 Å². The normalized spacial score (nSPS) is 18.3. The Morgan fingerprint density at radius 3 is 2.42 bits per heavy atom. The number of aromatic nitrogens is 1. The predicted octanol–water partition coefficient (Wildman–Crippen LogP) is 4.40. The third kappa shape index (κ3) is 3.38. The minimum absolute atomic E-state index is 0.0169. The zero-order valence-electron chi connectivity index (χ0n) is 18.0. The van der Waals surface area contributed by atoms with Crippen molar-refractivity contribution in [2.45, 2.75) is 56.9 Å². The van der Waals surface area contributed by atoms with Crippen LogP contribution in [0.1, 0.15) is 60.6 Å². The first-order valence-corrected chi connectivity index (χ1v) is 10.9. The minimum Gasteiger partial charge on any atom is -0.369 e. The molecule has 5 nitrogen and oxygen atoms in total. The quantitative estimate of drug-likeness (QED) is 0.650. The number of nitrogens with one attached hydrogen (secondary N) is 1. The van der Waals surface area contributed by atoms with Crippen molar-refractivity contribution in [1.82, 2.24) is 10.3 Å². The van der Waals surface area contributed by atoms with Gasteiger partial charge in [-0.15, -0.1) is 0 Å². The van der Waals surface area contributed by atoms with Gasteiger partial charge in [-0.05, 0) is 92.3 Å². The van der Waals surface area contributed by atoms with Crippen molar-refractivity contribution >= 4 is 22.6 Å². The van der Waals surface area contributed by atoms with Crippen LogP contribution in [-0.4, -0.2) is 22.3 Å². The highest BCUT2D eigenvalue weighted by Gasteiger charge is 2.51. The Labute approximate surface area is 182 Å². The molecular weight excluding hydrogens is 386 g/mol. The van der Waals surface area contributed by atoms with E-state index in [0.29, 0.717) is 5.56 Å². The molecule has 2 fully saturated rings. The second kappa shape index (κ2) is 6.91. The zero-order chi connectivity index (χ0) is 21.8. The summed E-state index contributed by atoms with van der Waals surface area (Å²) in [4.78, 5) is 29.2. The van der Waals surface area contributed by atoms with Crippen molar-refractivity contribution in [2.75, 3.05) is 0 Å². The van der Waals surface area contributed by atoms with Gasteiger partial charge in [-0.1, -0.05) is 18.2 Å². The average Bonchev–Trinajstić information content (AvgIpc) is 3.54. The molecule has 3 aromatic rings. The molecule has 2 aliphatic rings. The molecule has 158 valence electrons. The smallest absolute Gasteiger partial charge is 0.251 e. The molecule has 0 saturated heterocycles. The molecule has 1 aromatic heterocycles. The van der Waals surface area contributed by atoms with E-state index < -0.39 is 5.41 Å². The van der Waals surface area contributed by atoms with Crippen LogP contribution in [0.2, 0.25) is 0 Å². The molecule has 5 rings (SSSR count). The third-order valence-electron chi connectivity index (χ3n) is 7.12. The SMILES string of the molecule is Cc1ccc(C(=O)NC2(C)CCC2)cc1-c1ccc2cc(C3(C(N)=O)CC3)ncc2c1. The first-order chi connectivity index (χ1) is 14.8. The fourth-order valence-electron chi connectivity index (χ4n) is 4.58. The molecule has 3 N–H and O–H groups in total. The lowest BCUT2D eigenvalue weighted by Gasteiger charge is -2.39. The Hall–Kier alpha value is -3.21. The van der Waals surface area contributed by atoms with Crippen LogP contribution in [0.5, 0.6) is 0 Å². The standard InChI is InChI=1S/C26H27N3O2/c1-16-4-5-19(23(30)29-25(2)8-3-9-25)13-21(16)18-7-6-17-14-22(28-15-20(17)12-18)26(10-11-26)24(27)31/h4-7,12-15H,3,8-11H2,1-2H3,(H2,27,31)(H,29,30). The van der Waals surface area contributed by atoms with E-state index in [0.717, 1.165) is 58.8 Å². The average molecular weight is 414 g/mol. The van der Waals surface area contributed by atoms with Gasteiger partial charge in [0.25, 0.3) is 5.91 Å². The van der Waals surface area contributed by atoms with Gasteiger partial charge >= 0.3 is 0 Å². The summed E-state index contributed by atoms with van der Waals surface area (Å²) in [5.74, 6) is -0.311. The van der Waals surface area contributed by atoms with Crippen LogP contribution in [0.3, 0.4) is 0 Å². The molecule has 1 heterocycles. The summed E-state index contributed by atoms with van der Waals surface area (Å²) >= 11 is 0. The Morgan fingerprint density at radius 2 is 1.77 bits per heavy atom. The van der Waals surface area contributed by atoms with Gasteiger partial charge in [-0.3, -0.25) is 14.6 Å². The van der Waals surface area contributed by atoms with Gasteiger partial charge < -0.3 is 11.1 Å². The number of rotatable bonds is 5. The van der Waals surface area contributed by atoms with Crippen LogP contribution in [0, 0.1) is 6.92 Å². The number of carbonyl (C=O) groups excluding carboxylic acids is 2. The number of primary amides is 1. The lowest BCUT2D eigenvalue weighted by molar-refractivity contribution is -0.120. The predicted molar refractivity (Wildman–Crippen MR) is 122 cm³/mol. The molecule has 0 bridgehead atoms. The Balaban J connectivity index is 1.47. The van der Waals surface area contributed by atoms with Crippen molar-refractivity contribution in [3.05, 3.63) is 65.5 Å². The Morgan fingerprint density at radius 1 is 1.00 bits per heavy atom. The number of amides is 2. The molecular formula is C26H27N3O2. The molecule has 0 radical (unpaired) electrons. The number of pyridine rings is 1. The van der Waals surface area contributed by atoms with Gasteiger partial charge in [-0.2, -0.15) is 0 Å². The number of aryl methyl sites for hydroxylation is 1. The zero-order valence-corrected chi connectivity index (χ0v) is 18.0. The summed E-state index contributed by atoms with van der Waals surface area (Å²) in [6, 6.07) is 14.1. The van der Waals surface area contributed by atoms with E-state index in [9.17, 15) is 9.59 Å². The lowest BCUT2D eigenvalue weighted by atomic mass is 9.78. The van der Waals surface area contributed by atoms with Crippen LogP contribution in [0.4, 0.5) is 0 Å². The highest BCUT2D eigenvalue weighted by atomic mass is 16.2. The summed E-state index contributed by atoms with van der Waals surface area (Å²) in [5.41, 5.74) is 9.58. The number of fused-ring (bicyclic) bond motifs is 1. The summed E-state index contributed by atoms with van der Waals surface area (Å²) < 4.78 is 0. The summed E-state index contributed by atoms with van der Waals surface area (Å²) in [6.45, 7) is 4.16. The van der Waals surface area contributed by atoms with Gasteiger partial charge in [0, 0.05) is 22.7 Å². The largest absolute Gasteiger partial charge is 0.369 e. The Kier molecular flexibility index (Phi) is 4.40. The van der Waals surface area contributed by atoms with E-state index in [1.807, 2.05) is 30.5 Å². The molecule has 31 heavy (non-hydrogen) atoms. The van der Waals surface area contributed by atoms with Crippen LogP contribution in [0.25, 0.3) is 21.9 Å². The number of nitrogens with zero attached hydrogens (tertiary/aromatic N) is 1. The molecule has 5 heteroatoms. The highest BCUT2D eigenvalue weighted by molar-refractivity contribution is 5.97. The highest BCUT2D eigenvalue weighted by Crippen LogP contribution is 2.47. The number of nitrogens with two attached hydrogens (primary N) is 1. The number of hydrogen-bond donors (Lipinski definition) is 2. The number of carbonyl (C=O) groups is 2. The van der Waals surface area contributed by atoms with Crippen molar-refractivity contribution in [2.24, 2.45) is 5.73 Å². The fourth-order valence-corrected chi connectivity index (χ4v) is 4.58. The maximum absolute atomic E-state index is 12.8. The number of hydrogen-bond acceptors (Lipinski definition) is 3. The monoisotopic (exact) mass is 413 g/mol. The summed E-state index contributed by atoms with van der Waals surface area (Å²) in [5, 5.41) is 5.22. The molecule has 0 unspecified atom stereocenters. The Bertz CT molecular complexity index is 1220. The van der Waals surface area contributed by atoms with Crippen LogP contribution < -0.4 is 11.1 Å². The van der Waals surface area contributed by atoms with Gasteiger partial charge in [0.2, 0.25) is 5.91 Å². The van der Waals surface area contributed by atoms with E-state index in [1.54, 1.807) is 0 Å². The van der Waals surface area contributed by atoms with E-state index >= 15 is 0 Å². The maximum Gasteiger partial charge on any atom is 0.251 e. The maximum atomic E-state index is 12.8.